The van der Waals surface area contributed by atoms with Crippen molar-refractivity contribution in [2.75, 3.05) is 0 Å². The van der Waals surface area contributed by atoms with Crippen LogP contribution in [-0.4, -0.2) is 46.3 Å². The third-order valence-electron chi connectivity index (χ3n) is 3.05. The first-order chi connectivity index (χ1) is 8.90. The van der Waals surface area contributed by atoms with Gasteiger partial charge in [-0.15, -0.1) is 0 Å². The van der Waals surface area contributed by atoms with Crippen molar-refractivity contribution in [3.05, 3.63) is 0 Å². The van der Waals surface area contributed by atoms with Gasteiger partial charge in [-0.3, -0.25) is 4.79 Å². The fraction of sp³-hybridized carbons (Fsp3) is 0.727. The summed E-state index contributed by atoms with van der Waals surface area (Å²) in [7, 11) is 0. The lowest BCUT2D eigenvalue weighted by Gasteiger charge is -2.28. The van der Waals surface area contributed by atoms with Gasteiger partial charge in [0.2, 0.25) is 5.91 Å². The predicted octanol–water partition coefficient (Wildman–Crippen LogP) is -1.08. The van der Waals surface area contributed by atoms with Gasteiger partial charge in [-0.05, 0) is 12.8 Å². The molecule has 1 fully saturated rings. The maximum atomic E-state index is 11.6. The molecule has 3 amide bonds. The number of carbonyl (C=O) groups is 3. The highest BCUT2D eigenvalue weighted by Gasteiger charge is 2.27. The number of hydrogen-bond acceptors (Lipinski definition) is 4. The maximum Gasteiger partial charge on any atom is 0.326 e. The molecule has 0 aromatic carbocycles. The summed E-state index contributed by atoms with van der Waals surface area (Å²) < 4.78 is 0. The molecule has 19 heavy (non-hydrogen) atoms. The average molecular weight is 273 g/mol. The van der Waals surface area contributed by atoms with Gasteiger partial charge in [0.25, 0.3) is 0 Å². The van der Waals surface area contributed by atoms with Gasteiger partial charge in [0, 0.05) is 0 Å². The summed E-state index contributed by atoms with van der Waals surface area (Å²) in [4.78, 5) is 33.1. The molecule has 0 bridgehead atoms. The highest BCUT2D eigenvalue weighted by molar-refractivity contribution is 5.87. The first-order valence-electron chi connectivity index (χ1n) is 6.16. The standard InChI is InChI=1S/C11H19N3O5/c12-9(16)5-7(10(17)18)14-11(19)13-6-3-1-2-4-8(6)15/h6-8,15H,1-5H2,(H2,12,16)(H,17,18)(H2,13,14,19). The van der Waals surface area contributed by atoms with Crippen LogP contribution in [-0.2, 0) is 9.59 Å². The van der Waals surface area contributed by atoms with Gasteiger partial charge in [0.15, 0.2) is 0 Å². The molecule has 8 nitrogen and oxygen atoms in total. The first kappa shape index (κ1) is 15.2. The number of nitrogens with one attached hydrogen (secondary N) is 2. The average Bonchev–Trinajstić information content (AvgIpc) is 2.30. The van der Waals surface area contributed by atoms with Crippen LogP contribution in [0, 0.1) is 0 Å². The lowest BCUT2D eigenvalue weighted by atomic mass is 9.93. The molecule has 1 rings (SSSR count). The molecule has 3 unspecified atom stereocenters. The molecule has 0 spiro atoms. The zero-order chi connectivity index (χ0) is 14.4. The third kappa shape index (κ3) is 5.12. The van der Waals surface area contributed by atoms with E-state index in [4.69, 9.17) is 10.8 Å². The number of rotatable bonds is 5. The largest absolute Gasteiger partial charge is 0.480 e. The van der Waals surface area contributed by atoms with E-state index in [-0.39, 0.29) is 0 Å². The molecule has 8 heteroatoms. The quantitative estimate of drug-likeness (QED) is 0.433. The number of carboxylic acids is 1. The van der Waals surface area contributed by atoms with Crippen LogP contribution in [0.5, 0.6) is 0 Å². The molecule has 1 aliphatic carbocycles. The number of nitrogens with two attached hydrogens (primary N) is 1. The minimum Gasteiger partial charge on any atom is -0.480 e. The van der Waals surface area contributed by atoms with Crippen molar-refractivity contribution in [1.82, 2.24) is 10.6 Å². The molecule has 0 saturated heterocycles. The monoisotopic (exact) mass is 273 g/mol. The Morgan fingerprint density at radius 2 is 1.89 bits per heavy atom. The van der Waals surface area contributed by atoms with Crippen molar-refractivity contribution in [1.29, 1.82) is 0 Å². The Morgan fingerprint density at radius 1 is 1.26 bits per heavy atom. The number of urea groups is 1. The highest BCUT2D eigenvalue weighted by Crippen LogP contribution is 2.18. The number of aliphatic hydroxyl groups is 1. The van der Waals surface area contributed by atoms with E-state index >= 15 is 0 Å². The lowest BCUT2D eigenvalue weighted by molar-refractivity contribution is -0.140. The highest BCUT2D eigenvalue weighted by atomic mass is 16.4. The zero-order valence-corrected chi connectivity index (χ0v) is 10.5. The minimum atomic E-state index is -1.36. The van der Waals surface area contributed by atoms with Crippen molar-refractivity contribution in [2.45, 2.75) is 50.3 Å². The fourth-order valence-corrected chi connectivity index (χ4v) is 2.05. The number of carbonyl (C=O) groups excluding carboxylic acids is 2. The number of primary amides is 1. The SMILES string of the molecule is NC(=O)CC(NC(=O)NC1CCCCC1O)C(=O)O. The molecule has 1 aliphatic rings. The second-order valence-corrected chi connectivity index (χ2v) is 4.64. The second-order valence-electron chi connectivity index (χ2n) is 4.64. The number of aliphatic hydroxyl groups excluding tert-OH is 1. The molecule has 0 heterocycles. The molecule has 0 aromatic heterocycles. The third-order valence-corrected chi connectivity index (χ3v) is 3.05. The van der Waals surface area contributed by atoms with Crippen molar-refractivity contribution in [3.63, 3.8) is 0 Å². The van der Waals surface area contributed by atoms with Crippen LogP contribution in [0.4, 0.5) is 4.79 Å². The van der Waals surface area contributed by atoms with Gasteiger partial charge in [-0.2, -0.15) is 0 Å². The Hall–Kier alpha value is -1.83. The Bertz CT molecular complexity index is 360. The molecule has 0 aromatic rings. The van der Waals surface area contributed by atoms with E-state index in [1.54, 1.807) is 0 Å². The van der Waals surface area contributed by atoms with Crippen LogP contribution < -0.4 is 16.4 Å². The number of hydrogen-bond donors (Lipinski definition) is 5. The van der Waals surface area contributed by atoms with Crippen LogP contribution >= 0.6 is 0 Å². The molecule has 0 radical (unpaired) electrons. The number of carboxylic acid groups (broad SMARTS) is 1. The van der Waals surface area contributed by atoms with Crippen molar-refractivity contribution in [3.8, 4) is 0 Å². The van der Waals surface area contributed by atoms with E-state index in [2.05, 4.69) is 10.6 Å². The van der Waals surface area contributed by atoms with Crippen molar-refractivity contribution in [2.24, 2.45) is 5.73 Å². The lowest BCUT2D eigenvalue weighted by Crippen LogP contribution is -2.53. The van der Waals surface area contributed by atoms with Crippen LogP contribution in [0.25, 0.3) is 0 Å². The normalized spacial score (nSPS) is 24.3. The van der Waals surface area contributed by atoms with E-state index in [1.165, 1.54) is 0 Å². The molecule has 1 saturated carbocycles. The van der Waals surface area contributed by atoms with E-state index < -0.39 is 42.5 Å². The smallest absolute Gasteiger partial charge is 0.326 e. The Morgan fingerprint density at radius 3 is 2.42 bits per heavy atom. The van der Waals surface area contributed by atoms with Gasteiger partial charge < -0.3 is 26.6 Å². The number of amides is 3. The summed E-state index contributed by atoms with van der Waals surface area (Å²) in [5, 5.41) is 23.2. The van der Waals surface area contributed by atoms with Crippen molar-refractivity contribution >= 4 is 17.9 Å². The van der Waals surface area contributed by atoms with Crippen LogP contribution in [0.2, 0.25) is 0 Å². The molecular formula is C11H19N3O5. The Balaban J connectivity index is 2.47. The Labute approximate surface area is 110 Å². The molecular weight excluding hydrogens is 254 g/mol. The summed E-state index contributed by atoms with van der Waals surface area (Å²) in [6.45, 7) is 0. The Kier molecular flexibility index (Phi) is 5.56. The summed E-state index contributed by atoms with van der Waals surface area (Å²) in [5.41, 5.74) is 4.90. The van der Waals surface area contributed by atoms with Crippen LogP contribution in [0.1, 0.15) is 32.1 Å². The summed E-state index contributed by atoms with van der Waals surface area (Å²) >= 11 is 0. The second kappa shape index (κ2) is 6.93. The van der Waals surface area contributed by atoms with Crippen molar-refractivity contribution < 1.29 is 24.6 Å². The molecule has 0 aliphatic heterocycles. The minimum absolute atomic E-state index is 0.392. The van der Waals surface area contributed by atoms with Gasteiger partial charge in [-0.25, -0.2) is 9.59 Å². The molecule has 3 atom stereocenters. The van der Waals surface area contributed by atoms with Gasteiger partial charge in [0.1, 0.15) is 6.04 Å². The van der Waals surface area contributed by atoms with E-state index in [9.17, 15) is 19.5 Å². The van der Waals surface area contributed by atoms with Crippen LogP contribution in [0.3, 0.4) is 0 Å². The summed E-state index contributed by atoms with van der Waals surface area (Å²) in [5.74, 6) is -2.15. The van der Waals surface area contributed by atoms with Gasteiger partial charge in [0.05, 0.1) is 18.6 Å². The van der Waals surface area contributed by atoms with E-state index in [0.29, 0.717) is 12.8 Å². The maximum absolute atomic E-state index is 11.6. The topological polar surface area (TPSA) is 142 Å². The predicted molar refractivity (Wildman–Crippen MR) is 65.2 cm³/mol. The van der Waals surface area contributed by atoms with Gasteiger partial charge >= 0.3 is 12.0 Å². The van der Waals surface area contributed by atoms with Crippen LogP contribution in [0.15, 0.2) is 0 Å². The van der Waals surface area contributed by atoms with E-state index in [0.717, 1.165) is 12.8 Å². The number of aliphatic carboxylic acids is 1. The fourth-order valence-electron chi connectivity index (χ4n) is 2.05. The van der Waals surface area contributed by atoms with Gasteiger partial charge in [-0.1, -0.05) is 12.8 Å². The summed E-state index contributed by atoms with van der Waals surface area (Å²) in [6, 6.07) is -2.48. The summed E-state index contributed by atoms with van der Waals surface area (Å²) in [6.07, 6.45) is 1.94. The zero-order valence-electron chi connectivity index (χ0n) is 10.5. The first-order valence-corrected chi connectivity index (χ1v) is 6.16. The molecule has 6 N–H and O–H groups in total. The van der Waals surface area contributed by atoms with E-state index in [1.807, 2.05) is 0 Å². The molecule has 108 valence electrons.